The molecule has 15 heavy (non-hydrogen) atoms. The van der Waals surface area contributed by atoms with E-state index in [2.05, 4.69) is 13.0 Å². The third-order valence-corrected chi connectivity index (χ3v) is 3.04. The van der Waals surface area contributed by atoms with Gasteiger partial charge in [0.25, 0.3) is 6.43 Å². The minimum absolute atomic E-state index is 0.320. The minimum atomic E-state index is -2.37. The lowest BCUT2D eigenvalue weighted by Gasteiger charge is -2.09. The molecule has 3 heteroatoms. The van der Waals surface area contributed by atoms with Gasteiger partial charge in [-0.2, -0.15) is 0 Å². The molecule has 0 aromatic carbocycles. The van der Waals surface area contributed by atoms with Crippen LogP contribution in [0.5, 0.6) is 0 Å². The summed E-state index contributed by atoms with van der Waals surface area (Å²) < 4.78 is 29.2. The van der Waals surface area contributed by atoms with Crippen LogP contribution < -0.4 is 0 Å². The van der Waals surface area contributed by atoms with Gasteiger partial charge in [-0.1, -0.05) is 18.6 Å². The maximum Gasteiger partial charge on any atom is 0.272 e. The molecule has 0 aromatic rings. The van der Waals surface area contributed by atoms with Crippen LogP contribution in [0.3, 0.4) is 0 Å². The Labute approximate surface area is 88.8 Å². The summed E-state index contributed by atoms with van der Waals surface area (Å²) in [6.07, 6.45) is 4.95. The first kappa shape index (κ1) is 10.7. The molecule has 0 N–H and O–H groups in total. The van der Waals surface area contributed by atoms with Gasteiger partial charge in [0.1, 0.15) is 6.61 Å². The molecule has 0 amide bonds. The van der Waals surface area contributed by atoms with Crippen LogP contribution in [-0.4, -0.2) is 13.0 Å². The standard InChI is InChI=1S/C12H16F2O/c1-2-8-3-4-11(15-7-12(13)14)10-6-9(10)5-8/h4-5,8,10,12H,2-3,6-7H2,1H3. The highest BCUT2D eigenvalue weighted by atomic mass is 19.3. The molecule has 0 bridgehead atoms. The molecular formula is C12H16F2O. The highest BCUT2D eigenvalue weighted by Gasteiger charge is 2.36. The van der Waals surface area contributed by atoms with Crippen molar-refractivity contribution in [2.45, 2.75) is 32.6 Å². The number of fused-ring (bicyclic) bond motifs is 1. The molecule has 1 nitrogen and oxygen atoms in total. The molecule has 2 aliphatic rings. The Morgan fingerprint density at radius 3 is 3.00 bits per heavy atom. The predicted molar refractivity (Wildman–Crippen MR) is 54.6 cm³/mol. The molecule has 1 fully saturated rings. The average molecular weight is 214 g/mol. The fraction of sp³-hybridized carbons (Fsp3) is 0.667. The molecule has 0 aromatic heterocycles. The zero-order chi connectivity index (χ0) is 10.8. The van der Waals surface area contributed by atoms with Crippen molar-refractivity contribution in [3.8, 4) is 0 Å². The van der Waals surface area contributed by atoms with E-state index < -0.39 is 13.0 Å². The lowest BCUT2D eigenvalue weighted by molar-refractivity contribution is 0.0446. The largest absolute Gasteiger partial charge is 0.492 e. The molecule has 0 radical (unpaired) electrons. The van der Waals surface area contributed by atoms with Crippen LogP contribution in [0.15, 0.2) is 23.5 Å². The summed E-state index contributed by atoms with van der Waals surface area (Å²) in [5.41, 5.74) is 1.37. The number of allylic oxidation sites excluding steroid dienone is 3. The summed E-state index contributed by atoms with van der Waals surface area (Å²) >= 11 is 0. The van der Waals surface area contributed by atoms with Crippen LogP contribution in [0.25, 0.3) is 0 Å². The van der Waals surface area contributed by atoms with Gasteiger partial charge < -0.3 is 4.74 Å². The third kappa shape index (κ3) is 2.58. The Morgan fingerprint density at radius 2 is 2.33 bits per heavy atom. The SMILES string of the molecule is CCC1C=C2CC2C(OCC(F)F)=CC1. The topological polar surface area (TPSA) is 9.23 Å². The van der Waals surface area contributed by atoms with E-state index in [9.17, 15) is 8.78 Å². The second-order valence-electron chi connectivity index (χ2n) is 4.21. The second kappa shape index (κ2) is 4.33. The first-order valence-electron chi connectivity index (χ1n) is 5.52. The number of hydrogen-bond donors (Lipinski definition) is 0. The summed E-state index contributed by atoms with van der Waals surface area (Å²) in [4.78, 5) is 0. The molecule has 1 saturated carbocycles. The van der Waals surface area contributed by atoms with Crippen molar-refractivity contribution in [1.29, 1.82) is 0 Å². The Kier molecular flexibility index (Phi) is 3.08. The average Bonchev–Trinajstić information content (AvgIpc) is 2.93. The van der Waals surface area contributed by atoms with Crippen LogP contribution in [0.2, 0.25) is 0 Å². The molecule has 84 valence electrons. The molecule has 2 rings (SSSR count). The van der Waals surface area contributed by atoms with E-state index in [1.807, 2.05) is 6.08 Å². The quantitative estimate of drug-likeness (QED) is 0.650. The van der Waals surface area contributed by atoms with Gasteiger partial charge in [-0.3, -0.25) is 0 Å². The van der Waals surface area contributed by atoms with Gasteiger partial charge in [-0.15, -0.1) is 0 Å². The summed E-state index contributed by atoms with van der Waals surface area (Å²) in [6.45, 7) is 1.68. The van der Waals surface area contributed by atoms with E-state index in [0.717, 1.165) is 25.0 Å². The molecule has 0 spiro atoms. The molecule has 2 unspecified atom stereocenters. The normalized spacial score (nSPS) is 29.1. The number of alkyl halides is 2. The fourth-order valence-corrected chi connectivity index (χ4v) is 2.03. The first-order chi connectivity index (χ1) is 7.20. The Balaban J connectivity index is 1.96. The molecule has 2 atom stereocenters. The van der Waals surface area contributed by atoms with Gasteiger partial charge in [0, 0.05) is 5.92 Å². The first-order valence-corrected chi connectivity index (χ1v) is 5.52. The lowest BCUT2D eigenvalue weighted by atomic mass is 10.0. The highest BCUT2D eigenvalue weighted by molar-refractivity contribution is 5.35. The predicted octanol–water partition coefficient (Wildman–Crippen LogP) is 3.53. The van der Waals surface area contributed by atoms with Gasteiger partial charge >= 0.3 is 0 Å². The van der Waals surface area contributed by atoms with E-state index in [-0.39, 0.29) is 0 Å². The Hall–Kier alpha value is -0.860. The van der Waals surface area contributed by atoms with Gasteiger partial charge in [0.05, 0.1) is 5.76 Å². The number of ether oxygens (including phenoxy) is 1. The third-order valence-electron chi connectivity index (χ3n) is 3.04. The Bertz CT molecular complexity index is 294. The van der Waals surface area contributed by atoms with Crippen LogP contribution in [0.1, 0.15) is 26.2 Å². The number of hydrogen-bond acceptors (Lipinski definition) is 1. The van der Waals surface area contributed by atoms with Gasteiger partial charge in [-0.05, 0) is 31.3 Å². The van der Waals surface area contributed by atoms with Gasteiger partial charge in [0.2, 0.25) is 0 Å². The van der Waals surface area contributed by atoms with Crippen LogP contribution >= 0.6 is 0 Å². The van der Waals surface area contributed by atoms with Gasteiger partial charge in [0.15, 0.2) is 0 Å². The zero-order valence-electron chi connectivity index (χ0n) is 8.88. The summed E-state index contributed by atoms with van der Waals surface area (Å²) in [6, 6.07) is 0. The lowest BCUT2D eigenvalue weighted by Crippen LogP contribution is -2.05. The highest BCUT2D eigenvalue weighted by Crippen LogP contribution is 2.47. The van der Waals surface area contributed by atoms with Crippen molar-refractivity contribution < 1.29 is 13.5 Å². The van der Waals surface area contributed by atoms with Crippen molar-refractivity contribution in [3.63, 3.8) is 0 Å². The van der Waals surface area contributed by atoms with E-state index in [4.69, 9.17) is 4.74 Å². The van der Waals surface area contributed by atoms with E-state index in [1.54, 1.807) is 0 Å². The zero-order valence-corrected chi connectivity index (χ0v) is 8.88. The molecule has 0 aliphatic heterocycles. The smallest absolute Gasteiger partial charge is 0.272 e. The van der Waals surface area contributed by atoms with Crippen molar-refractivity contribution in [2.24, 2.45) is 11.8 Å². The second-order valence-corrected chi connectivity index (χ2v) is 4.21. The fourth-order valence-electron chi connectivity index (χ4n) is 2.03. The van der Waals surface area contributed by atoms with Crippen molar-refractivity contribution in [2.75, 3.05) is 6.61 Å². The molecule has 0 heterocycles. The van der Waals surface area contributed by atoms with E-state index in [0.29, 0.717) is 11.8 Å². The van der Waals surface area contributed by atoms with Crippen LogP contribution in [-0.2, 0) is 4.74 Å². The number of rotatable bonds is 4. The van der Waals surface area contributed by atoms with Crippen LogP contribution in [0, 0.1) is 11.8 Å². The molecule has 2 aliphatic carbocycles. The van der Waals surface area contributed by atoms with Crippen LogP contribution in [0.4, 0.5) is 8.78 Å². The van der Waals surface area contributed by atoms with Crippen molar-refractivity contribution in [1.82, 2.24) is 0 Å². The van der Waals surface area contributed by atoms with E-state index >= 15 is 0 Å². The van der Waals surface area contributed by atoms with E-state index in [1.165, 1.54) is 5.57 Å². The molecular weight excluding hydrogens is 198 g/mol. The summed E-state index contributed by atoms with van der Waals surface area (Å²) in [5, 5.41) is 0. The maximum atomic E-state index is 12.0. The maximum absolute atomic E-state index is 12.0. The summed E-state index contributed by atoms with van der Waals surface area (Å²) in [7, 11) is 0. The summed E-state index contributed by atoms with van der Waals surface area (Å²) in [5.74, 6) is 1.66. The van der Waals surface area contributed by atoms with Crippen molar-refractivity contribution >= 4 is 0 Å². The monoisotopic (exact) mass is 214 g/mol. The minimum Gasteiger partial charge on any atom is -0.492 e. The Morgan fingerprint density at radius 1 is 1.53 bits per heavy atom. The van der Waals surface area contributed by atoms with Crippen molar-refractivity contribution in [3.05, 3.63) is 23.5 Å². The molecule has 0 saturated heterocycles. The number of halogens is 2. The van der Waals surface area contributed by atoms with Gasteiger partial charge in [-0.25, -0.2) is 8.78 Å².